The number of hydrogen-bond donors (Lipinski definition) is 1. The van der Waals surface area contributed by atoms with Gasteiger partial charge in [-0.05, 0) is 0 Å². The number of carbonyl (C=O) groups is 3. The molecule has 0 saturated heterocycles. The molecule has 0 saturated carbocycles. The molecule has 0 spiro atoms. The Bertz CT molecular complexity index is 263. The largest absolute Gasteiger partial charge is 0.701 e. The maximum atomic E-state index is 10.9. The van der Waals surface area contributed by atoms with Gasteiger partial charge in [0.15, 0.2) is 0 Å². The monoisotopic (exact) mass is 235 g/mol. The minimum absolute atomic E-state index is 0.384. The van der Waals surface area contributed by atoms with Crippen LogP contribution in [-0.4, -0.2) is 33.3 Å². The van der Waals surface area contributed by atoms with Crippen molar-refractivity contribution in [1.82, 2.24) is 0 Å². The fourth-order valence-corrected chi connectivity index (χ4v) is 2.50. The van der Waals surface area contributed by atoms with Crippen molar-refractivity contribution in [2.45, 2.75) is 20.4 Å². The summed E-state index contributed by atoms with van der Waals surface area (Å²) in [5.41, 5.74) is 5.01. The van der Waals surface area contributed by atoms with Crippen molar-refractivity contribution >= 4 is 26.7 Å². The Labute approximate surface area is 87.8 Å². The quantitative estimate of drug-likeness (QED) is 0.635. The van der Waals surface area contributed by atoms with Crippen LogP contribution >= 0.6 is 0 Å². The van der Waals surface area contributed by atoms with Gasteiger partial charge in [0, 0.05) is 20.4 Å². The van der Waals surface area contributed by atoms with Crippen LogP contribution in [0.25, 0.3) is 0 Å². The molecule has 0 amide bonds. The molecule has 0 aliphatic heterocycles. The van der Waals surface area contributed by atoms with E-state index in [1.165, 1.54) is 6.55 Å². The lowest BCUT2D eigenvalue weighted by Gasteiger charge is -2.22. The molecule has 2 N–H and O–H groups in total. The van der Waals surface area contributed by atoms with Gasteiger partial charge in [-0.15, -0.1) is 0 Å². The standard InChI is InChI=1S/C7H13NO6Si/c1-5(9)12-15(3,13-6(2)10)14-7(11)4-8/h4,8H2,1-3H3. The molecule has 0 unspecified atom stereocenters. The van der Waals surface area contributed by atoms with Crippen LogP contribution < -0.4 is 5.73 Å². The molecule has 8 heteroatoms. The SMILES string of the molecule is CC(=O)O[Si](C)(OC(C)=O)OC(=O)CN. The van der Waals surface area contributed by atoms with Gasteiger partial charge in [0.25, 0.3) is 11.9 Å². The number of nitrogens with two attached hydrogens (primary N) is 1. The molecule has 0 fully saturated rings. The molecule has 86 valence electrons. The lowest BCUT2D eigenvalue weighted by Crippen LogP contribution is -2.47. The fraction of sp³-hybridized carbons (Fsp3) is 0.571. The molecular formula is C7H13NO6Si. The zero-order chi connectivity index (χ0) is 12.1. The van der Waals surface area contributed by atoms with Crippen LogP contribution in [0.1, 0.15) is 13.8 Å². The number of hydrogen-bond acceptors (Lipinski definition) is 7. The number of rotatable bonds is 4. The molecule has 0 aromatic rings. The van der Waals surface area contributed by atoms with E-state index in [4.69, 9.17) is 10.2 Å². The summed E-state index contributed by atoms with van der Waals surface area (Å²) in [7, 11) is -3.59. The van der Waals surface area contributed by atoms with Crippen molar-refractivity contribution in [2.75, 3.05) is 6.54 Å². The van der Waals surface area contributed by atoms with Crippen LogP contribution in [0.2, 0.25) is 6.55 Å². The maximum absolute atomic E-state index is 10.9. The summed E-state index contributed by atoms with van der Waals surface area (Å²) in [5.74, 6) is -2.20. The topological polar surface area (TPSA) is 105 Å². The van der Waals surface area contributed by atoms with E-state index in [0.717, 1.165) is 13.8 Å². The molecule has 0 atom stereocenters. The second-order valence-electron chi connectivity index (χ2n) is 2.73. The summed E-state index contributed by atoms with van der Waals surface area (Å²) in [4.78, 5) is 32.3. The van der Waals surface area contributed by atoms with Gasteiger partial charge >= 0.3 is 14.8 Å². The summed E-state index contributed by atoms with van der Waals surface area (Å²) >= 11 is 0. The Hall–Kier alpha value is -1.41. The van der Waals surface area contributed by atoms with Crippen molar-refractivity contribution < 1.29 is 27.7 Å². The highest BCUT2D eigenvalue weighted by molar-refractivity contribution is 6.64. The van der Waals surface area contributed by atoms with Gasteiger partial charge in [-0.1, -0.05) is 0 Å². The summed E-state index contributed by atoms with van der Waals surface area (Å²) in [5, 5.41) is 0. The molecule has 0 aliphatic rings. The van der Waals surface area contributed by atoms with Gasteiger partial charge in [-0.25, -0.2) is 0 Å². The third kappa shape index (κ3) is 5.81. The first-order valence-electron chi connectivity index (χ1n) is 4.10. The van der Waals surface area contributed by atoms with E-state index in [2.05, 4.69) is 8.85 Å². The molecule has 15 heavy (non-hydrogen) atoms. The first kappa shape index (κ1) is 13.6. The average Bonchev–Trinajstić information content (AvgIpc) is 1.99. The van der Waals surface area contributed by atoms with Crippen molar-refractivity contribution in [1.29, 1.82) is 0 Å². The van der Waals surface area contributed by atoms with Crippen molar-refractivity contribution in [2.24, 2.45) is 5.73 Å². The van der Waals surface area contributed by atoms with E-state index in [0.29, 0.717) is 0 Å². The third-order valence-corrected chi connectivity index (χ3v) is 3.04. The zero-order valence-corrected chi connectivity index (χ0v) is 9.73. The summed E-state index contributed by atoms with van der Waals surface area (Å²) in [6.07, 6.45) is 0. The predicted molar refractivity (Wildman–Crippen MR) is 50.3 cm³/mol. The van der Waals surface area contributed by atoms with Gasteiger partial charge in [0.2, 0.25) is 0 Å². The van der Waals surface area contributed by atoms with Crippen LogP contribution in [0.5, 0.6) is 0 Å². The van der Waals surface area contributed by atoms with E-state index >= 15 is 0 Å². The molecule has 0 heterocycles. The van der Waals surface area contributed by atoms with Crippen LogP contribution in [0.3, 0.4) is 0 Å². The van der Waals surface area contributed by atoms with Gasteiger partial charge in [-0.3, -0.25) is 14.4 Å². The Morgan fingerprint density at radius 1 is 1.07 bits per heavy atom. The minimum atomic E-state index is -3.59. The Kier molecular flexibility index (Phi) is 4.95. The van der Waals surface area contributed by atoms with E-state index in [1.54, 1.807) is 0 Å². The van der Waals surface area contributed by atoms with Gasteiger partial charge in [0.1, 0.15) is 0 Å². The fourth-order valence-electron chi connectivity index (χ4n) is 0.833. The molecule has 0 aliphatic carbocycles. The Morgan fingerprint density at radius 3 is 1.73 bits per heavy atom. The number of carbonyl (C=O) groups excluding carboxylic acids is 3. The molecule has 0 bridgehead atoms. The van der Waals surface area contributed by atoms with E-state index in [9.17, 15) is 14.4 Å². The lowest BCUT2D eigenvalue weighted by molar-refractivity contribution is -0.147. The van der Waals surface area contributed by atoms with Gasteiger partial charge < -0.3 is 19.0 Å². The molecule has 0 rings (SSSR count). The smallest absolute Gasteiger partial charge is 0.455 e. The average molecular weight is 235 g/mol. The Morgan fingerprint density at radius 2 is 1.47 bits per heavy atom. The van der Waals surface area contributed by atoms with Gasteiger partial charge in [0.05, 0.1) is 6.54 Å². The van der Waals surface area contributed by atoms with Crippen molar-refractivity contribution in [3.8, 4) is 0 Å². The second-order valence-corrected chi connectivity index (χ2v) is 5.06. The summed E-state index contributed by atoms with van der Waals surface area (Å²) in [6.45, 7) is 3.10. The van der Waals surface area contributed by atoms with E-state index in [-0.39, 0.29) is 6.54 Å². The highest BCUT2D eigenvalue weighted by Gasteiger charge is 2.46. The first-order chi connectivity index (χ1) is 6.79. The molecule has 0 aromatic carbocycles. The van der Waals surface area contributed by atoms with E-state index in [1.807, 2.05) is 0 Å². The van der Waals surface area contributed by atoms with Gasteiger partial charge in [-0.2, -0.15) is 0 Å². The highest BCUT2D eigenvalue weighted by Crippen LogP contribution is 2.10. The second kappa shape index (κ2) is 5.46. The molecule has 0 radical (unpaired) electrons. The third-order valence-electron chi connectivity index (χ3n) is 1.12. The first-order valence-corrected chi connectivity index (χ1v) is 6.32. The van der Waals surface area contributed by atoms with Crippen LogP contribution in [0, 0.1) is 0 Å². The molecular weight excluding hydrogens is 222 g/mol. The normalized spacial score (nSPS) is 10.4. The highest BCUT2D eigenvalue weighted by atomic mass is 28.4. The Balaban J connectivity index is 4.60. The lowest BCUT2D eigenvalue weighted by atomic mass is 10.7. The maximum Gasteiger partial charge on any atom is 0.701 e. The molecule has 0 aromatic heterocycles. The molecule has 7 nitrogen and oxygen atoms in total. The van der Waals surface area contributed by atoms with E-state index < -0.39 is 26.7 Å². The van der Waals surface area contributed by atoms with Crippen LogP contribution in [0.15, 0.2) is 0 Å². The predicted octanol–water partition coefficient (Wildman–Crippen LogP) is -0.817. The van der Waals surface area contributed by atoms with Crippen molar-refractivity contribution in [3.05, 3.63) is 0 Å². The van der Waals surface area contributed by atoms with Crippen LogP contribution in [0.4, 0.5) is 0 Å². The minimum Gasteiger partial charge on any atom is -0.455 e. The zero-order valence-electron chi connectivity index (χ0n) is 8.73. The summed E-state index contributed by atoms with van der Waals surface area (Å²) in [6, 6.07) is 0. The van der Waals surface area contributed by atoms with Crippen molar-refractivity contribution in [3.63, 3.8) is 0 Å². The van der Waals surface area contributed by atoms with Crippen LogP contribution in [-0.2, 0) is 27.7 Å². The summed E-state index contributed by atoms with van der Waals surface area (Å²) < 4.78 is 14.1.